The monoisotopic (exact) mass is 417 g/mol. The fraction of sp³-hybridized carbons (Fsp3) is 0.783. The lowest BCUT2D eigenvalue weighted by Crippen LogP contribution is -2.53. The Morgan fingerprint density at radius 2 is 1.73 bits per heavy atom. The average Bonchev–Trinajstić information content (AvgIpc) is 2.88. The van der Waals surface area contributed by atoms with Gasteiger partial charge in [0.2, 0.25) is 5.91 Å². The van der Waals surface area contributed by atoms with Gasteiger partial charge in [-0.25, -0.2) is 4.98 Å². The molecule has 1 aromatic rings. The van der Waals surface area contributed by atoms with Gasteiger partial charge in [0.25, 0.3) is 5.91 Å². The molecule has 2 aliphatic rings. The number of fused-ring (bicyclic) bond motifs is 1. The first-order valence-corrected chi connectivity index (χ1v) is 11.5. The summed E-state index contributed by atoms with van der Waals surface area (Å²) in [6.45, 7) is 8.52. The number of nitrogens with one attached hydrogen (secondary N) is 2. The van der Waals surface area contributed by atoms with Crippen LogP contribution in [0.4, 0.5) is 0 Å². The molecule has 7 nitrogen and oxygen atoms in total. The Bertz CT molecular complexity index is 756. The van der Waals surface area contributed by atoms with Crippen molar-refractivity contribution in [3.8, 4) is 0 Å². The first kappa shape index (κ1) is 22.8. The number of aromatic nitrogens is 2. The first-order chi connectivity index (χ1) is 14.2. The SMILES string of the molecule is CNC(=O)C(NC(=O)c1nc(C2CCCCCC2)n2c1CN(C)CCC2)C(C)(C)C. The topological polar surface area (TPSA) is 79.3 Å². The fourth-order valence-corrected chi connectivity index (χ4v) is 4.80. The normalized spacial score (nSPS) is 20.0. The van der Waals surface area contributed by atoms with Gasteiger partial charge < -0.3 is 20.1 Å². The minimum Gasteiger partial charge on any atom is -0.357 e. The van der Waals surface area contributed by atoms with Gasteiger partial charge in [0.05, 0.1) is 5.69 Å². The van der Waals surface area contributed by atoms with Gasteiger partial charge in [0.15, 0.2) is 5.69 Å². The molecule has 1 saturated carbocycles. The second-order valence-electron chi connectivity index (χ2n) is 10.1. The maximum absolute atomic E-state index is 13.4. The Morgan fingerprint density at radius 1 is 1.07 bits per heavy atom. The van der Waals surface area contributed by atoms with E-state index in [0.717, 1.165) is 43.9 Å². The molecule has 1 aliphatic carbocycles. The number of rotatable bonds is 4. The van der Waals surface area contributed by atoms with E-state index in [0.29, 0.717) is 18.2 Å². The molecule has 1 unspecified atom stereocenters. The van der Waals surface area contributed by atoms with Crippen LogP contribution >= 0.6 is 0 Å². The van der Waals surface area contributed by atoms with Gasteiger partial charge in [-0.2, -0.15) is 0 Å². The summed E-state index contributed by atoms with van der Waals surface area (Å²) in [6, 6.07) is -0.614. The molecule has 1 atom stereocenters. The van der Waals surface area contributed by atoms with Gasteiger partial charge in [-0.1, -0.05) is 46.5 Å². The molecule has 2 N–H and O–H groups in total. The van der Waals surface area contributed by atoms with E-state index in [1.165, 1.54) is 25.7 Å². The van der Waals surface area contributed by atoms with Crippen molar-refractivity contribution in [3.63, 3.8) is 0 Å². The van der Waals surface area contributed by atoms with Crippen molar-refractivity contribution in [2.45, 2.75) is 90.8 Å². The molecule has 0 bridgehead atoms. The van der Waals surface area contributed by atoms with Gasteiger partial charge in [-0.3, -0.25) is 9.59 Å². The van der Waals surface area contributed by atoms with E-state index >= 15 is 0 Å². The molecule has 0 aromatic carbocycles. The summed E-state index contributed by atoms with van der Waals surface area (Å²) >= 11 is 0. The minimum absolute atomic E-state index is 0.178. The number of nitrogens with zero attached hydrogens (tertiary/aromatic N) is 3. The van der Waals surface area contributed by atoms with E-state index in [9.17, 15) is 9.59 Å². The number of hydrogen-bond donors (Lipinski definition) is 2. The van der Waals surface area contributed by atoms with Crippen LogP contribution in [0.25, 0.3) is 0 Å². The van der Waals surface area contributed by atoms with Crippen molar-refractivity contribution in [3.05, 3.63) is 17.2 Å². The van der Waals surface area contributed by atoms with Crippen LogP contribution in [0.3, 0.4) is 0 Å². The molecule has 2 heterocycles. The molecule has 30 heavy (non-hydrogen) atoms. The van der Waals surface area contributed by atoms with Crippen LogP contribution in [0.5, 0.6) is 0 Å². The lowest BCUT2D eigenvalue weighted by Gasteiger charge is -2.29. The molecule has 0 radical (unpaired) electrons. The van der Waals surface area contributed by atoms with Crippen LogP contribution in [-0.2, 0) is 17.9 Å². The molecular weight excluding hydrogens is 378 g/mol. The van der Waals surface area contributed by atoms with Crippen molar-refractivity contribution in [1.82, 2.24) is 25.1 Å². The maximum atomic E-state index is 13.4. The largest absolute Gasteiger partial charge is 0.357 e. The Hall–Kier alpha value is -1.89. The zero-order valence-electron chi connectivity index (χ0n) is 19.4. The van der Waals surface area contributed by atoms with Crippen molar-refractivity contribution >= 4 is 11.8 Å². The molecule has 7 heteroatoms. The zero-order chi connectivity index (χ0) is 21.9. The van der Waals surface area contributed by atoms with Gasteiger partial charge in [0, 0.05) is 26.1 Å². The maximum Gasteiger partial charge on any atom is 0.272 e. The van der Waals surface area contributed by atoms with Gasteiger partial charge in [-0.05, 0) is 38.3 Å². The van der Waals surface area contributed by atoms with Crippen molar-refractivity contribution in [2.24, 2.45) is 5.41 Å². The van der Waals surface area contributed by atoms with E-state index in [-0.39, 0.29) is 11.8 Å². The summed E-state index contributed by atoms with van der Waals surface area (Å²) in [5.74, 6) is 1.09. The molecule has 0 saturated heterocycles. The predicted octanol–water partition coefficient (Wildman–Crippen LogP) is 3.05. The van der Waals surface area contributed by atoms with Gasteiger partial charge in [0.1, 0.15) is 11.9 Å². The molecule has 1 aliphatic heterocycles. The lowest BCUT2D eigenvalue weighted by molar-refractivity contribution is -0.124. The highest BCUT2D eigenvalue weighted by atomic mass is 16.2. The quantitative estimate of drug-likeness (QED) is 0.738. The van der Waals surface area contributed by atoms with E-state index in [4.69, 9.17) is 4.98 Å². The minimum atomic E-state index is -0.614. The second kappa shape index (κ2) is 9.50. The third-order valence-electron chi connectivity index (χ3n) is 6.53. The Balaban J connectivity index is 1.96. The smallest absolute Gasteiger partial charge is 0.272 e. The molecule has 168 valence electrons. The highest BCUT2D eigenvalue weighted by molar-refractivity contribution is 5.97. The highest BCUT2D eigenvalue weighted by Gasteiger charge is 2.35. The van der Waals surface area contributed by atoms with Crippen LogP contribution in [0.2, 0.25) is 0 Å². The molecule has 0 spiro atoms. The third kappa shape index (κ3) is 5.05. The third-order valence-corrected chi connectivity index (χ3v) is 6.53. The van der Waals surface area contributed by atoms with E-state index < -0.39 is 11.5 Å². The zero-order valence-corrected chi connectivity index (χ0v) is 19.4. The number of amides is 2. The number of imidazole rings is 1. The van der Waals surface area contributed by atoms with Crippen LogP contribution in [0.15, 0.2) is 0 Å². The first-order valence-electron chi connectivity index (χ1n) is 11.5. The Labute approximate surface area is 181 Å². The summed E-state index contributed by atoms with van der Waals surface area (Å²) in [5, 5.41) is 5.68. The second-order valence-corrected chi connectivity index (χ2v) is 10.1. The van der Waals surface area contributed by atoms with Crippen molar-refractivity contribution in [1.29, 1.82) is 0 Å². The van der Waals surface area contributed by atoms with E-state index in [1.807, 2.05) is 20.8 Å². The van der Waals surface area contributed by atoms with Gasteiger partial charge in [-0.15, -0.1) is 0 Å². The summed E-state index contributed by atoms with van der Waals surface area (Å²) in [6.07, 6.45) is 8.41. The fourth-order valence-electron chi connectivity index (χ4n) is 4.80. The molecular formula is C23H39N5O2. The number of hydrogen-bond acceptors (Lipinski definition) is 4. The molecule has 1 fully saturated rings. The van der Waals surface area contributed by atoms with Crippen LogP contribution in [0, 0.1) is 5.41 Å². The summed E-state index contributed by atoms with van der Waals surface area (Å²) in [5.41, 5.74) is 1.10. The summed E-state index contributed by atoms with van der Waals surface area (Å²) < 4.78 is 2.32. The number of carbonyl (C=O) groups excluding carboxylic acids is 2. The summed E-state index contributed by atoms with van der Waals surface area (Å²) in [4.78, 5) is 33.0. The summed E-state index contributed by atoms with van der Waals surface area (Å²) in [7, 11) is 3.70. The molecule has 1 aromatic heterocycles. The lowest BCUT2D eigenvalue weighted by atomic mass is 9.86. The van der Waals surface area contributed by atoms with Crippen molar-refractivity contribution in [2.75, 3.05) is 20.6 Å². The van der Waals surface area contributed by atoms with Crippen molar-refractivity contribution < 1.29 is 9.59 Å². The molecule has 2 amide bonds. The Kier molecular flexibility index (Phi) is 7.22. The van der Waals surface area contributed by atoms with Crippen LogP contribution in [0.1, 0.15) is 93.6 Å². The number of carbonyl (C=O) groups is 2. The van der Waals surface area contributed by atoms with E-state index in [1.54, 1.807) is 7.05 Å². The molecule has 3 rings (SSSR count). The highest BCUT2D eigenvalue weighted by Crippen LogP contribution is 2.33. The Morgan fingerprint density at radius 3 is 2.33 bits per heavy atom. The van der Waals surface area contributed by atoms with Gasteiger partial charge >= 0.3 is 0 Å². The van der Waals surface area contributed by atoms with Crippen LogP contribution in [-0.4, -0.2) is 52.9 Å². The predicted molar refractivity (Wildman–Crippen MR) is 118 cm³/mol. The van der Waals surface area contributed by atoms with E-state index in [2.05, 4.69) is 27.1 Å². The average molecular weight is 418 g/mol. The standard InChI is InChI=1S/C23H39N5O2/c1-23(2,3)19(22(30)24-4)26-21(29)18-17-15-27(5)13-10-14-28(17)20(25-18)16-11-8-6-7-9-12-16/h16,19H,6-15H2,1-5H3,(H,24,30)(H,26,29). The number of likely N-dealkylation sites (N-methyl/N-ethyl adjacent to an activating group) is 1. The van der Waals surface area contributed by atoms with Crippen LogP contribution < -0.4 is 10.6 Å².